The first-order chi connectivity index (χ1) is 43.7. The van der Waals surface area contributed by atoms with Crippen molar-refractivity contribution in [3.05, 3.63) is 267 Å². The van der Waals surface area contributed by atoms with E-state index in [-0.39, 0.29) is 13.7 Å². The van der Waals surface area contributed by atoms with Gasteiger partial charge in [0.25, 0.3) is 0 Å². The maximum atomic E-state index is 7.71. The molecule has 0 unspecified atom stereocenters. The van der Waals surface area contributed by atoms with Crippen molar-refractivity contribution in [1.29, 1.82) is 0 Å². The van der Waals surface area contributed by atoms with Crippen LogP contribution in [0.5, 0.6) is 0 Å². The number of anilines is 6. The molecule has 22 rings (SSSR count). The number of hydrogen-bond acceptors (Lipinski definition) is 4. The van der Waals surface area contributed by atoms with E-state index in [2.05, 4.69) is 280 Å². The number of hydrogen-bond donors (Lipinski definition) is 0. The number of aromatic nitrogens is 2. The molecule has 0 spiro atoms. The summed E-state index contributed by atoms with van der Waals surface area (Å²) in [7, 11) is 0. The predicted octanol–water partition coefficient (Wildman–Crippen LogP) is 18.5. The molecular formula is C80H44B2N4O2. The summed E-state index contributed by atoms with van der Waals surface area (Å²) in [6.45, 7) is -0.310. The number of benzene rings is 14. The van der Waals surface area contributed by atoms with Crippen LogP contribution in [0.25, 0.3) is 142 Å². The molecule has 8 heterocycles. The molecule has 4 aliphatic rings. The van der Waals surface area contributed by atoms with Gasteiger partial charge in [-0.15, -0.1) is 0 Å². The van der Waals surface area contributed by atoms with Gasteiger partial charge in [0, 0.05) is 105 Å². The zero-order chi connectivity index (χ0) is 56.8. The highest BCUT2D eigenvalue weighted by molar-refractivity contribution is 6.92. The lowest BCUT2D eigenvalue weighted by molar-refractivity contribution is 0.616. The number of nitrogens with zero attached hydrogens (tertiary/aromatic N) is 4. The highest BCUT2D eigenvalue weighted by atomic mass is 16.3. The summed E-state index contributed by atoms with van der Waals surface area (Å²) >= 11 is 0. The minimum absolute atomic E-state index is 0.146. The molecule has 0 amide bonds. The second kappa shape index (κ2) is 16.3. The van der Waals surface area contributed by atoms with Crippen molar-refractivity contribution in [1.82, 2.24) is 8.96 Å². The molecule has 14 aromatic carbocycles. The Labute approximate surface area is 503 Å². The molecule has 0 bridgehead atoms. The van der Waals surface area contributed by atoms with Crippen molar-refractivity contribution in [3.63, 3.8) is 0 Å². The normalized spacial score (nSPS) is 13.6. The molecule has 0 atom stereocenters. The summed E-state index contributed by atoms with van der Waals surface area (Å²) in [5.41, 5.74) is 24.5. The first kappa shape index (κ1) is 45.9. The monoisotopic (exact) mass is 1110 g/mol. The van der Waals surface area contributed by atoms with Gasteiger partial charge in [-0.25, -0.2) is 0 Å². The van der Waals surface area contributed by atoms with Gasteiger partial charge >= 0.3 is 13.7 Å². The van der Waals surface area contributed by atoms with Crippen LogP contribution in [0, 0.1) is 0 Å². The maximum Gasteiger partial charge on any atom is 0.333 e. The molecule has 8 heteroatoms. The molecule has 18 aromatic rings. The fraction of sp³-hybridized carbons (Fsp3) is 0. The van der Waals surface area contributed by atoms with E-state index < -0.39 is 0 Å². The summed E-state index contributed by atoms with van der Waals surface area (Å²) in [6, 6.07) is 97.5. The second-order valence-corrected chi connectivity index (χ2v) is 24.6. The van der Waals surface area contributed by atoms with Gasteiger partial charge in [-0.05, 0) is 126 Å². The van der Waals surface area contributed by atoms with E-state index in [1.165, 1.54) is 131 Å². The van der Waals surface area contributed by atoms with Crippen molar-refractivity contribution in [2.45, 2.75) is 0 Å². The lowest BCUT2D eigenvalue weighted by atomic mass is 9.44. The fourth-order valence-electron chi connectivity index (χ4n) is 17.0. The maximum absolute atomic E-state index is 7.71. The van der Waals surface area contributed by atoms with E-state index >= 15 is 0 Å². The van der Waals surface area contributed by atoms with Crippen LogP contribution in [-0.4, -0.2) is 22.7 Å². The molecule has 402 valence electrons. The first-order valence-electron chi connectivity index (χ1n) is 30.5. The van der Waals surface area contributed by atoms with Crippen LogP contribution >= 0.6 is 0 Å². The smallest absolute Gasteiger partial charge is 0.333 e. The standard InChI is InChI=1S/C80H44B2N4O2/c1-2-17-48-41-52(34-30-45(48)14-1)83-68-37-33-49-40-50(31-35-54(49)73(68)82-75-69(83)44-71-61(38-39-87-71)72(75)62-26-13-24-59-57-22-8-10-28-67(57)86(82)77(59)62)70-43-51-42-63-60-25-12-23-58-56-21-7-9-27-66(56)85(76(58)60)81-64-36-32-47-16-4-6-20-55(47)78(64)84(79(74(63)81)80(51)88-70)65-29-11-18-46-15-3-5-19-53(46)65/h1-44H. The Kier molecular flexibility index (Phi) is 8.49. The molecule has 0 saturated carbocycles. The first-order valence-corrected chi connectivity index (χ1v) is 30.5. The number of furan rings is 2. The summed E-state index contributed by atoms with van der Waals surface area (Å²) in [5, 5.41) is 16.8. The molecule has 0 saturated heterocycles. The number of fused-ring (bicyclic) bond motifs is 24. The fourth-order valence-corrected chi connectivity index (χ4v) is 17.0. The summed E-state index contributed by atoms with van der Waals surface area (Å²) in [5.74, 6) is 0.826. The molecule has 0 fully saturated rings. The second-order valence-electron chi connectivity index (χ2n) is 24.6. The van der Waals surface area contributed by atoms with E-state index in [1.54, 1.807) is 0 Å². The van der Waals surface area contributed by atoms with Crippen molar-refractivity contribution >= 4 is 178 Å². The zero-order valence-electron chi connectivity index (χ0n) is 47.2. The topological polar surface area (TPSA) is 42.6 Å². The molecule has 0 aliphatic carbocycles. The highest BCUT2D eigenvalue weighted by Crippen LogP contribution is 2.53. The van der Waals surface area contributed by atoms with Crippen LogP contribution in [0.2, 0.25) is 0 Å². The van der Waals surface area contributed by atoms with E-state index in [4.69, 9.17) is 8.83 Å². The third kappa shape index (κ3) is 5.63. The van der Waals surface area contributed by atoms with Gasteiger partial charge in [-0.2, -0.15) is 0 Å². The summed E-state index contributed by atoms with van der Waals surface area (Å²) in [6.07, 6.45) is 1.86. The molecule has 6 nitrogen and oxygen atoms in total. The van der Waals surface area contributed by atoms with Crippen molar-refractivity contribution in [3.8, 4) is 33.6 Å². The Morgan fingerprint density at radius 2 is 0.989 bits per heavy atom. The lowest BCUT2D eigenvalue weighted by Gasteiger charge is -2.41. The molecular weight excluding hydrogens is 1070 g/mol. The van der Waals surface area contributed by atoms with Crippen molar-refractivity contribution in [2.24, 2.45) is 0 Å². The molecule has 4 aliphatic heterocycles. The average Bonchev–Trinajstić information content (AvgIpc) is 1.36. The quantitative estimate of drug-likeness (QED) is 0.165. The molecule has 4 aromatic heterocycles. The summed E-state index contributed by atoms with van der Waals surface area (Å²) in [4.78, 5) is 5.08. The van der Waals surface area contributed by atoms with Gasteiger partial charge in [0.1, 0.15) is 11.3 Å². The van der Waals surface area contributed by atoms with Gasteiger partial charge in [0.2, 0.25) is 0 Å². The van der Waals surface area contributed by atoms with Crippen LogP contribution in [-0.2, 0) is 0 Å². The molecule has 0 N–H and O–H groups in total. The van der Waals surface area contributed by atoms with Gasteiger partial charge < -0.3 is 27.6 Å². The van der Waals surface area contributed by atoms with Gasteiger partial charge in [0.05, 0.1) is 23.3 Å². The van der Waals surface area contributed by atoms with Crippen molar-refractivity contribution < 1.29 is 8.83 Å². The van der Waals surface area contributed by atoms with Gasteiger partial charge in [0.15, 0.2) is 5.58 Å². The van der Waals surface area contributed by atoms with E-state index in [1.807, 2.05) is 6.26 Å². The predicted molar refractivity (Wildman–Crippen MR) is 369 cm³/mol. The average molecular weight is 1110 g/mol. The van der Waals surface area contributed by atoms with Crippen LogP contribution in [0.15, 0.2) is 276 Å². The minimum Gasteiger partial charge on any atom is -0.464 e. The molecule has 88 heavy (non-hydrogen) atoms. The minimum atomic E-state index is -0.165. The third-order valence-electron chi connectivity index (χ3n) is 20.4. The highest BCUT2D eigenvalue weighted by Gasteiger charge is 2.47. The summed E-state index contributed by atoms with van der Waals surface area (Å²) < 4.78 is 19.5. The van der Waals surface area contributed by atoms with E-state index in [0.717, 1.165) is 67.1 Å². The lowest BCUT2D eigenvalue weighted by Crippen LogP contribution is -2.57. The zero-order valence-corrected chi connectivity index (χ0v) is 47.2. The Morgan fingerprint density at radius 3 is 1.82 bits per heavy atom. The molecule has 0 radical (unpaired) electrons. The van der Waals surface area contributed by atoms with Gasteiger partial charge in [-0.1, -0.05) is 194 Å². The Hall–Kier alpha value is -11.5. The van der Waals surface area contributed by atoms with Crippen LogP contribution in [0.1, 0.15) is 0 Å². The number of para-hydroxylation sites is 4. The Morgan fingerprint density at radius 1 is 0.330 bits per heavy atom. The number of rotatable bonds is 3. The Balaban J connectivity index is 0.821. The van der Waals surface area contributed by atoms with Crippen LogP contribution < -0.4 is 31.7 Å². The van der Waals surface area contributed by atoms with Gasteiger partial charge in [-0.3, -0.25) is 0 Å². The van der Waals surface area contributed by atoms with Crippen LogP contribution in [0.4, 0.5) is 34.1 Å². The van der Waals surface area contributed by atoms with E-state index in [9.17, 15) is 0 Å². The largest absolute Gasteiger partial charge is 0.464 e. The third-order valence-corrected chi connectivity index (χ3v) is 20.4. The van der Waals surface area contributed by atoms with Crippen LogP contribution in [0.3, 0.4) is 0 Å². The SMILES string of the molecule is c1ccc2cc(N3c4cc5occc5c5c4B(c4c3ccc3cc(-c6cc7cc8c9c(c7o6)N(c6cccc7ccccc67)c6c(ccc7ccccc67)B9n6c7ccccc7c7cccc-8c76)ccc43)n3c4ccccc4c4cccc-5c43)ccc2c1. The van der Waals surface area contributed by atoms with E-state index in [0.29, 0.717) is 0 Å². The van der Waals surface area contributed by atoms with Crippen molar-refractivity contribution in [2.75, 3.05) is 9.80 Å². The Bertz CT molecular complexity index is 6260.